The molecule has 3 N–H and O–H groups in total. The van der Waals surface area contributed by atoms with Gasteiger partial charge in [-0.3, -0.25) is 0 Å². The second-order valence-corrected chi connectivity index (χ2v) is 6.50. The van der Waals surface area contributed by atoms with Crippen LogP contribution in [0.1, 0.15) is 30.4 Å². The third-order valence-electron chi connectivity index (χ3n) is 3.52. The lowest BCUT2D eigenvalue weighted by molar-refractivity contribution is 0.757. The second kappa shape index (κ2) is 5.93. The Kier molecular flexibility index (Phi) is 4.51. The van der Waals surface area contributed by atoms with Gasteiger partial charge in [0.15, 0.2) is 0 Å². The Morgan fingerprint density at radius 2 is 2.22 bits per heavy atom. The van der Waals surface area contributed by atoms with Crippen LogP contribution in [-0.2, 0) is 0 Å². The summed E-state index contributed by atoms with van der Waals surface area (Å²) in [5, 5.41) is 4.41. The van der Waals surface area contributed by atoms with Crippen LogP contribution >= 0.6 is 24.0 Å². The molecule has 0 aliphatic heterocycles. The largest absolute Gasteiger partial charge is 0.389 e. The van der Waals surface area contributed by atoms with Gasteiger partial charge in [-0.2, -0.15) is 11.8 Å². The van der Waals surface area contributed by atoms with Gasteiger partial charge in [-0.15, -0.1) is 0 Å². The van der Waals surface area contributed by atoms with Crippen molar-refractivity contribution in [3.05, 3.63) is 29.3 Å². The molecule has 1 aromatic carbocycles. The summed E-state index contributed by atoms with van der Waals surface area (Å²) in [4.78, 5) is 0.469. The Morgan fingerprint density at radius 1 is 1.44 bits per heavy atom. The summed E-state index contributed by atoms with van der Waals surface area (Å²) >= 11 is 7.08. The molecule has 98 valence electrons. The summed E-state index contributed by atoms with van der Waals surface area (Å²) < 4.78 is 0. The molecule has 1 fully saturated rings. The molecule has 1 saturated carbocycles. The van der Waals surface area contributed by atoms with Crippen LogP contribution in [-0.4, -0.2) is 22.5 Å². The molecule has 0 radical (unpaired) electrons. The first kappa shape index (κ1) is 13.7. The first-order valence-corrected chi connectivity index (χ1v) is 7.99. The first-order chi connectivity index (χ1) is 8.60. The molecule has 1 aliphatic carbocycles. The number of anilines is 1. The average molecular weight is 280 g/mol. The van der Waals surface area contributed by atoms with Gasteiger partial charge in [0, 0.05) is 22.5 Å². The van der Waals surface area contributed by atoms with Crippen molar-refractivity contribution >= 4 is 34.7 Å². The molecule has 2 nitrogen and oxygen atoms in total. The highest BCUT2D eigenvalue weighted by Gasteiger charge is 2.24. The van der Waals surface area contributed by atoms with Gasteiger partial charge >= 0.3 is 0 Å². The number of rotatable bonds is 4. The van der Waals surface area contributed by atoms with Gasteiger partial charge in [-0.1, -0.05) is 18.3 Å². The number of hydrogen-bond acceptors (Lipinski definition) is 3. The molecular formula is C14H20N2S2. The number of nitrogens with one attached hydrogen (secondary N) is 1. The Morgan fingerprint density at radius 3 is 2.83 bits per heavy atom. The predicted octanol–water partition coefficient (Wildman–Crippen LogP) is 3.33. The van der Waals surface area contributed by atoms with Crippen molar-refractivity contribution in [3.63, 3.8) is 0 Å². The van der Waals surface area contributed by atoms with E-state index in [1.54, 1.807) is 0 Å². The number of aryl methyl sites for hydroxylation is 1. The number of hydrogen-bond donors (Lipinski definition) is 2. The fourth-order valence-corrected chi connectivity index (χ4v) is 3.47. The van der Waals surface area contributed by atoms with Crippen LogP contribution in [0, 0.1) is 6.92 Å². The highest BCUT2D eigenvalue weighted by Crippen LogP contribution is 2.31. The molecular weight excluding hydrogens is 260 g/mol. The van der Waals surface area contributed by atoms with Crippen molar-refractivity contribution in [1.29, 1.82) is 0 Å². The lowest BCUT2D eigenvalue weighted by Crippen LogP contribution is -2.20. The fourth-order valence-electron chi connectivity index (χ4n) is 2.50. The minimum atomic E-state index is 0.469. The Labute approximate surface area is 119 Å². The lowest BCUT2D eigenvalue weighted by atomic mass is 10.1. The third kappa shape index (κ3) is 3.18. The van der Waals surface area contributed by atoms with E-state index in [1.165, 1.54) is 24.8 Å². The summed E-state index contributed by atoms with van der Waals surface area (Å²) in [6, 6.07) is 6.76. The van der Waals surface area contributed by atoms with Crippen molar-refractivity contribution < 1.29 is 0 Å². The van der Waals surface area contributed by atoms with Gasteiger partial charge in [0.2, 0.25) is 0 Å². The molecule has 1 aromatic rings. The van der Waals surface area contributed by atoms with E-state index in [2.05, 4.69) is 30.6 Å². The molecule has 0 aromatic heterocycles. The van der Waals surface area contributed by atoms with Crippen LogP contribution in [0.4, 0.5) is 5.69 Å². The van der Waals surface area contributed by atoms with E-state index in [1.807, 2.05) is 17.8 Å². The van der Waals surface area contributed by atoms with Crippen LogP contribution in [0.15, 0.2) is 18.2 Å². The zero-order chi connectivity index (χ0) is 13.1. The van der Waals surface area contributed by atoms with E-state index in [4.69, 9.17) is 18.0 Å². The maximum atomic E-state index is 5.78. The van der Waals surface area contributed by atoms with Gasteiger partial charge in [0.25, 0.3) is 0 Å². The summed E-state index contributed by atoms with van der Waals surface area (Å²) in [5.74, 6) is 0. The monoisotopic (exact) mass is 280 g/mol. The van der Waals surface area contributed by atoms with E-state index in [-0.39, 0.29) is 0 Å². The van der Waals surface area contributed by atoms with Gasteiger partial charge in [0.1, 0.15) is 4.99 Å². The summed E-state index contributed by atoms with van der Waals surface area (Å²) in [6.07, 6.45) is 5.95. The summed E-state index contributed by atoms with van der Waals surface area (Å²) in [5.41, 5.74) is 9.07. The van der Waals surface area contributed by atoms with Gasteiger partial charge < -0.3 is 11.1 Å². The maximum Gasteiger partial charge on any atom is 0.106 e. The van der Waals surface area contributed by atoms with Crippen LogP contribution in [0.5, 0.6) is 0 Å². The number of benzene rings is 1. The minimum Gasteiger partial charge on any atom is -0.389 e. The van der Waals surface area contributed by atoms with E-state index < -0.39 is 0 Å². The highest BCUT2D eigenvalue weighted by atomic mass is 32.2. The van der Waals surface area contributed by atoms with E-state index >= 15 is 0 Å². The van der Waals surface area contributed by atoms with Crippen molar-refractivity contribution in [3.8, 4) is 0 Å². The number of thioether (sulfide) groups is 1. The molecule has 0 saturated heterocycles. The minimum absolute atomic E-state index is 0.469. The lowest BCUT2D eigenvalue weighted by Gasteiger charge is -2.17. The molecule has 0 heterocycles. The molecule has 2 rings (SSSR count). The average Bonchev–Trinajstić information content (AvgIpc) is 2.76. The fraction of sp³-hybridized carbons (Fsp3) is 0.500. The number of thiocarbonyl (C=S) groups is 1. The van der Waals surface area contributed by atoms with E-state index in [0.717, 1.165) is 16.5 Å². The van der Waals surface area contributed by atoms with E-state index in [9.17, 15) is 0 Å². The Balaban J connectivity index is 2.13. The van der Waals surface area contributed by atoms with Crippen LogP contribution in [0.3, 0.4) is 0 Å². The molecule has 2 unspecified atom stereocenters. The first-order valence-electron chi connectivity index (χ1n) is 6.30. The second-order valence-electron chi connectivity index (χ2n) is 4.93. The third-order valence-corrected chi connectivity index (χ3v) is 4.83. The Hall–Kier alpha value is -0.740. The van der Waals surface area contributed by atoms with Gasteiger partial charge in [-0.25, -0.2) is 0 Å². The number of nitrogens with two attached hydrogens (primary N) is 1. The Bertz CT molecular complexity index is 445. The van der Waals surface area contributed by atoms with Crippen molar-refractivity contribution in [1.82, 2.24) is 0 Å². The molecule has 2 atom stereocenters. The zero-order valence-corrected chi connectivity index (χ0v) is 12.5. The zero-order valence-electron chi connectivity index (χ0n) is 10.9. The summed E-state index contributed by atoms with van der Waals surface area (Å²) in [6.45, 7) is 2.09. The SMILES string of the molecule is CSC1CCC(Nc2cc(C)ccc2C(N)=S)C1. The van der Waals surface area contributed by atoms with Crippen LogP contribution < -0.4 is 11.1 Å². The van der Waals surface area contributed by atoms with Gasteiger partial charge in [-0.05, 0) is 50.1 Å². The topological polar surface area (TPSA) is 38.0 Å². The summed E-state index contributed by atoms with van der Waals surface area (Å²) in [7, 11) is 0. The van der Waals surface area contributed by atoms with Crippen LogP contribution in [0.2, 0.25) is 0 Å². The molecule has 0 amide bonds. The normalized spacial score (nSPS) is 23.0. The molecule has 0 spiro atoms. The molecule has 18 heavy (non-hydrogen) atoms. The van der Waals surface area contributed by atoms with E-state index in [0.29, 0.717) is 11.0 Å². The van der Waals surface area contributed by atoms with Crippen molar-refractivity contribution in [2.45, 2.75) is 37.5 Å². The van der Waals surface area contributed by atoms with Crippen molar-refractivity contribution in [2.75, 3.05) is 11.6 Å². The maximum absolute atomic E-state index is 5.78. The molecule has 0 bridgehead atoms. The predicted molar refractivity (Wildman–Crippen MR) is 85.6 cm³/mol. The quantitative estimate of drug-likeness (QED) is 0.830. The van der Waals surface area contributed by atoms with Crippen LogP contribution in [0.25, 0.3) is 0 Å². The molecule has 1 aliphatic rings. The van der Waals surface area contributed by atoms with Gasteiger partial charge in [0.05, 0.1) is 0 Å². The van der Waals surface area contributed by atoms with Crippen molar-refractivity contribution in [2.24, 2.45) is 5.73 Å². The molecule has 4 heteroatoms. The highest BCUT2D eigenvalue weighted by molar-refractivity contribution is 7.99. The smallest absolute Gasteiger partial charge is 0.106 e. The standard InChI is InChI=1S/C14H20N2S2/c1-9-3-6-12(14(15)17)13(7-9)16-10-4-5-11(8-10)18-2/h3,6-7,10-11,16H,4-5,8H2,1-2H3,(H2,15,17).